The van der Waals surface area contributed by atoms with E-state index < -0.39 is 6.10 Å². The lowest BCUT2D eigenvalue weighted by atomic mass is 10.0. The van der Waals surface area contributed by atoms with Crippen LogP contribution in [-0.4, -0.2) is 15.1 Å². The van der Waals surface area contributed by atoms with Crippen molar-refractivity contribution in [3.63, 3.8) is 0 Å². The van der Waals surface area contributed by atoms with Crippen LogP contribution >= 0.6 is 0 Å². The van der Waals surface area contributed by atoms with Crippen molar-refractivity contribution in [3.8, 4) is 11.1 Å². The molecule has 0 saturated heterocycles. The highest BCUT2D eigenvalue weighted by Gasteiger charge is 2.11. The maximum absolute atomic E-state index is 10.3. The van der Waals surface area contributed by atoms with Crippen LogP contribution in [0.1, 0.15) is 17.4 Å². The average Bonchev–Trinajstić information content (AvgIpc) is 2.56. The van der Waals surface area contributed by atoms with Gasteiger partial charge in [-0.25, -0.2) is 0 Å². The van der Waals surface area contributed by atoms with Crippen LogP contribution in [0, 0.1) is 0 Å². The van der Waals surface area contributed by atoms with E-state index in [9.17, 15) is 5.11 Å². The van der Waals surface area contributed by atoms with E-state index in [-0.39, 0.29) is 0 Å². The monoisotopic (exact) mass is 262 g/mol. The first-order valence-electron chi connectivity index (χ1n) is 6.44. The second-order valence-corrected chi connectivity index (χ2v) is 4.52. The highest BCUT2D eigenvalue weighted by molar-refractivity contribution is 5.63. The number of rotatable bonds is 3. The van der Waals surface area contributed by atoms with E-state index in [1.165, 1.54) is 0 Å². The molecule has 0 spiro atoms. The molecule has 20 heavy (non-hydrogen) atoms. The topological polar surface area (TPSA) is 46.0 Å². The summed E-state index contributed by atoms with van der Waals surface area (Å²) < 4.78 is 0. The summed E-state index contributed by atoms with van der Waals surface area (Å²) in [7, 11) is 0. The molecule has 0 bridgehead atoms. The van der Waals surface area contributed by atoms with E-state index in [1.807, 2.05) is 42.5 Å². The van der Waals surface area contributed by atoms with Crippen LogP contribution in [0.5, 0.6) is 0 Å². The van der Waals surface area contributed by atoms with Crippen molar-refractivity contribution >= 4 is 0 Å². The summed E-state index contributed by atoms with van der Waals surface area (Å²) in [6.45, 7) is 0. The first-order valence-corrected chi connectivity index (χ1v) is 6.44. The summed E-state index contributed by atoms with van der Waals surface area (Å²) >= 11 is 0. The Kier molecular flexibility index (Phi) is 3.52. The Balaban J connectivity index is 1.87. The number of benzene rings is 2. The van der Waals surface area contributed by atoms with Crippen molar-refractivity contribution in [2.24, 2.45) is 0 Å². The Labute approximate surface area is 117 Å². The van der Waals surface area contributed by atoms with Gasteiger partial charge in [-0.1, -0.05) is 54.6 Å². The molecule has 0 saturated carbocycles. The molecule has 3 heteroatoms. The number of aliphatic hydroxyl groups is 1. The molecule has 0 aliphatic heterocycles. The Morgan fingerprint density at radius 3 is 2.15 bits per heavy atom. The average molecular weight is 262 g/mol. The molecule has 98 valence electrons. The number of hydrogen-bond acceptors (Lipinski definition) is 3. The van der Waals surface area contributed by atoms with Crippen LogP contribution in [-0.2, 0) is 0 Å². The summed E-state index contributed by atoms with van der Waals surface area (Å²) in [5, 5.41) is 10.3. The smallest absolute Gasteiger partial charge is 0.123 e. The van der Waals surface area contributed by atoms with Gasteiger partial charge < -0.3 is 5.11 Å². The largest absolute Gasteiger partial charge is 0.382 e. The fourth-order valence-corrected chi connectivity index (χ4v) is 2.11. The lowest BCUT2D eigenvalue weighted by Crippen LogP contribution is -2.02. The second kappa shape index (κ2) is 5.63. The van der Waals surface area contributed by atoms with Crippen LogP contribution in [0.15, 0.2) is 73.2 Å². The molecule has 1 atom stereocenters. The fourth-order valence-electron chi connectivity index (χ4n) is 2.11. The minimum Gasteiger partial charge on any atom is -0.382 e. The molecule has 1 aromatic heterocycles. The Morgan fingerprint density at radius 1 is 0.800 bits per heavy atom. The van der Waals surface area contributed by atoms with E-state index in [2.05, 4.69) is 22.1 Å². The lowest BCUT2D eigenvalue weighted by Gasteiger charge is -2.10. The molecular formula is C17H14N2O. The van der Waals surface area contributed by atoms with Crippen molar-refractivity contribution in [1.82, 2.24) is 9.97 Å². The second-order valence-electron chi connectivity index (χ2n) is 4.52. The molecule has 3 nitrogen and oxygen atoms in total. The summed E-state index contributed by atoms with van der Waals surface area (Å²) in [5.74, 6) is 0. The molecule has 0 amide bonds. The number of aliphatic hydroxyl groups excluding tert-OH is 1. The predicted octanol–water partition coefficient (Wildman–Crippen LogP) is 3.23. The van der Waals surface area contributed by atoms with Crippen molar-refractivity contribution < 1.29 is 5.11 Å². The van der Waals surface area contributed by atoms with Crippen molar-refractivity contribution in [3.05, 3.63) is 84.4 Å². The molecule has 0 aliphatic carbocycles. The van der Waals surface area contributed by atoms with Crippen molar-refractivity contribution in [1.29, 1.82) is 0 Å². The zero-order valence-corrected chi connectivity index (χ0v) is 10.8. The Bertz CT molecular complexity index is 666. The SMILES string of the molecule is OC(c1ccc(-c2ccccc2)cc1)c1cnccn1. The summed E-state index contributed by atoms with van der Waals surface area (Å²) in [5.41, 5.74) is 3.65. The molecule has 3 aromatic rings. The van der Waals surface area contributed by atoms with Gasteiger partial charge in [-0.2, -0.15) is 0 Å². The molecule has 1 unspecified atom stereocenters. The third-order valence-corrected chi connectivity index (χ3v) is 3.20. The highest BCUT2D eigenvalue weighted by Crippen LogP contribution is 2.24. The van der Waals surface area contributed by atoms with Gasteiger partial charge in [0.25, 0.3) is 0 Å². The summed E-state index contributed by atoms with van der Waals surface area (Å²) in [6.07, 6.45) is 4.01. The van der Waals surface area contributed by atoms with Crippen LogP contribution in [0.25, 0.3) is 11.1 Å². The molecular weight excluding hydrogens is 248 g/mol. The van der Waals surface area contributed by atoms with E-state index in [1.54, 1.807) is 18.6 Å². The zero-order chi connectivity index (χ0) is 13.8. The fraction of sp³-hybridized carbons (Fsp3) is 0.0588. The van der Waals surface area contributed by atoms with Gasteiger partial charge in [0, 0.05) is 12.4 Å². The zero-order valence-electron chi connectivity index (χ0n) is 10.8. The van der Waals surface area contributed by atoms with E-state index >= 15 is 0 Å². The van der Waals surface area contributed by atoms with E-state index in [0.29, 0.717) is 5.69 Å². The molecule has 1 heterocycles. The van der Waals surface area contributed by atoms with Crippen molar-refractivity contribution in [2.75, 3.05) is 0 Å². The van der Waals surface area contributed by atoms with Gasteiger partial charge in [-0.3, -0.25) is 9.97 Å². The maximum atomic E-state index is 10.3. The lowest BCUT2D eigenvalue weighted by molar-refractivity contribution is 0.215. The highest BCUT2D eigenvalue weighted by atomic mass is 16.3. The third kappa shape index (κ3) is 2.58. The number of aromatic nitrogens is 2. The maximum Gasteiger partial charge on any atom is 0.123 e. The predicted molar refractivity (Wildman–Crippen MR) is 78.0 cm³/mol. The van der Waals surface area contributed by atoms with Crippen molar-refractivity contribution in [2.45, 2.75) is 6.10 Å². The van der Waals surface area contributed by atoms with E-state index in [0.717, 1.165) is 16.7 Å². The molecule has 0 fully saturated rings. The molecule has 3 rings (SSSR count). The first kappa shape index (κ1) is 12.5. The Morgan fingerprint density at radius 2 is 1.50 bits per heavy atom. The van der Waals surface area contributed by atoms with Gasteiger partial charge in [0.05, 0.1) is 11.9 Å². The molecule has 2 aromatic carbocycles. The number of hydrogen-bond donors (Lipinski definition) is 1. The molecule has 1 N–H and O–H groups in total. The summed E-state index contributed by atoms with van der Waals surface area (Å²) in [4.78, 5) is 8.10. The van der Waals surface area contributed by atoms with Gasteiger partial charge in [0.15, 0.2) is 0 Å². The summed E-state index contributed by atoms with van der Waals surface area (Å²) in [6, 6.07) is 18.0. The van der Waals surface area contributed by atoms with Gasteiger partial charge in [0.1, 0.15) is 6.10 Å². The first-order chi connectivity index (χ1) is 9.84. The van der Waals surface area contributed by atoms with Gasteiger partial charge in [0.2, 0.25) is 0 Å². The minimum absolute atomic E-state index is 0.556. The van der Waals surface area contributed by atoms with Crippen LogP contribution in [0.4, 0.5) is 0 Å². The number of nitrogens with zero attached hydrogens (tertiary/aromatic N) is 2. The van der Waals surface area contributed by atoms with Crippen LogP contribution < -0.4 is 0 Å². The minimum atomic E-state index is -0.742. The molecule has 0 aliphatic rings. The molecule has 0 radical (unpaired) electrons. The van der Waals surface area contributed by atoms with Crippen LogP contribution in [0.3, 0.4) is 0 Å². The van der Waals surface area contributed by atoms with Gasteiger partial charge in [-0.15, -0.1) is 0 Å². The Hall–Kier alpha value is -2.52. The van der Waals surface area contributed by atoms with Crippen LogP contribution in [0.2, 0.25) is 0 Å². The normalized spacial score (nSPS) is 12.1. The van der Waals surface area contributed by atoms with E-state index in [4.69, 9.17) is 0 Å². The van der Waals surface area contributed by atoms with Gasteiger partial charge >= 0.3 is 0 Å². The standard InChI is InChI=1S/C17H14N2O/c20-17(16-12-18-10-11-19-16)15-8-6-14(7-9-15)13-4-2-1-3-5-13/h1-12,17,20H. The third-order valence-electron chi connectivity index (χ3n) is 3.20. The quantitative estimate of drug-likeness (QED) is 0.788. The van der Waals surface area contributed by atoms with Gasteiger partial charge in [-0.05, 0) is 16.7 Å².